The van der Waals surface area contributed by atoms with Gasteiger partial charge in [-0.3, -0.25) is 4.79 Å². The molecule has 0 heterocycles. The van der Waals surface area contributed by atoms with Crippen LogP contribution >= 0.6 is 0 Å². The Balaban J connectivity index is 1.93. The zero-order chi connectivity index (χ0) is 23.4. The van der Waals surface area contributed by atoms with Gasteiger partial charge >= 0.3 is 0 Å². The Morgan fingerprint density at radius 1 is 1.00 bits per heavy atom. The summed E-state index contributed by atoms with van der Waals surface area (Å²) in [6.07, 6.45) is -0.0263. The van der Waals surface area contributed by atoms with E-state index in [0.717, 1.165) is 15.4 Å². The minimum absolute atomic E-state index is 0.0263. The largest absolute Gasteiger partial charge is 0.350 e. The minimum atomic E-state index is -3.71. The monoisotopic (exact) mass is 467 g/mol. The van der Waals surface area contributed by atoms with Gasteiger partial charge in [-0.05, 0) is 55.7 Å². The molecule has 0 spiro atoms. The second-order valence-electron chi connectivity index (χ2n) is 7.56. The van der Waals surface area contributed by atoms with Gasteiger partial charge in [0.25, 0.3) is 0 Å². The first kappa shape index (κ1) is 25.0. The molecule has 0 radical (unpaired) electrons. The highest BCUT2D eigenvalue weighted by Gasteiger charge is 2.19. The number of nitrogens with zero attached hydrogens (tertiary/aromatic N) is 1. The summed E-state index contributed by atoms with van der Waals surface area (Å²) in [6.45, 7) is 5.27. The molecule has 2 N–H and O–H groups in total. The van der Waals surface area contributed by atoms with E-state index in [1.165, 1.54) is 26.2 Å². The van der Waals surface area contributed by atoms with Crippen molar-refractivity contribution in [2.24, 2.45) is 0 Å². The molecule has 0 saturated carbocycles. The van der Waals surface area contributed by atoms with Crippen LogP contribution in [0.25, 0.3) is 0 Å². The van der Waals surface area contributed by atoms with Crippen LogP contribution in [0.5, 0.6) is 0 Å². The Labute approximate surface area is 184 Å². The first-order chi connectivity index (χ1) is 14.3. The summed E-state index contributed by atoms with van der Waals surface area (Å²) < 4.78 is 52.8. The standard InChI is InChI=1S/C21H29N3O5S2/c1-15-6-7-16(2)20(14-15)30(26,27)22-13-12-21(25)23-17(3)18-8-10-19(11-9-18)31(28,29)24(4)5/h6-11,14,17,22H,12-13H2,1-5H3,(H,23,25). The van der Waals surface area contributed by atoms with E-state index in [4.69, 9.17) is 0 Å². The molecular formula is C21H29N3O5S2. The second kappa shape index (κ2) is 9.90. The van der Waals surface area contributed by atoms with Crippen LogP contribution in [0, 0.1) is 13.8 Å². The summed E-state index contributed by atoms with van der Waals surface area (Å²) >= 11 is 0. The number of carbonyl (C=O) groups excluding carboxylic acids is 1. The minimum Gasteiger partial charge on any atom is -0.350 e. The van der Waals surface area contributed by atoms with Crippen LogP contribution in [-0.2, 0) is 24.8 Å². The molecule has 0 aliphatic rings. The van der Waals surface area contributed by atoms with Crippen molar-refractivity contribution in [2.45, 2.75) is 43.0 Å². The summed E-state index contributed by atoms with van der Waals surface area (Å²) in [5.41, 5.74) is 2.21. The maximum absolute atomic E-state index is 12.5. The summed E-state index contributed by atoms with van der Waals surface area (Å²) in [4.78, 5) is 12.6. The molecule has 2 aromatic carbocycles. The molecule has 0 bridgehead atoms. The Morgan fingerprint density at radius 2 is 1.61 bits per heavy atom. The van der Waals surface area contributed by atoms with Gasteiger partial charge in [-0.15, -0.1) is 0 Å². The average Bonchev–Trinajstić information content (AvgIpc) is 2.69. The van der Waals surface area contributed by atoms with Crippen LogP contribution in [0.1, 0.15) is 36.1 Å². The number of nitrogens with one attached hydrogen (secondary N) is 2. The van der Waals surface area contributed by atoms with Crippen molar-refractivity contribution < 1.29 is 21.6 Å². The highest BCUT2D eigenvalue weighted by atomic mass is 32.2. The molecule has 170 valence electrons. The van der Waals surface area contributed by atoms with E-state index in [9.17, 15) is 21.6 Å². The molecule has 8 nitrogen and oxygen atoms in total. The van der Waals surface area contributed by atoms with E-state index in [1.807, 2.05) is 13.0 Å². The van der Waals surface area contributed by atoms with E-state index < -0.39 is 20.0 Å². The third kappa shape index (κ3) is 6.36. The van der Waals surface area contributed by atoms with Crippen LogP contribution in [-0.4, -0.2) is 47.7 Å². The number of rotatable bonds is 9. The molecule has 31 heavy (non-hydrogen) atoms. The van der Waals surface area contributed by atoms with Gasteiger partial charge in [0.2, 0.25) is 26.0 Å². The van der Waals surface area contributed by atoms with Gasteiger partial charge in [-0.2, -0.15) is 0 Å². The van der Waals surface area contributed by atoms with E-state index >= 15 is 0 Å². The van der Waals surface area contributed by atoms with Crippen LogP contribution in [0.4, 0.5) is 0 Å². The number of amides is 1. The molecule has 0 aliphatic carbocycles. The number of benzene rings is 2. The molecular weight excluding hydrogens is 438 g/mol. The second-order valence-corrected chi connectivity index (χ2v) is 11.4. The fourth-order valence-electron chi connectivity index (χ4n) is 2.91. The highest BCUT2D eigenvalue weighted by Crippen LogP contribution is 2.19. The van der Waals surface area contributed by atoms with Crippen molar-refractivity contribution in [3.63, 3.8) is 0 Å². The van der Waals surface area contributed by atoms with Gasteiger partial charge in [0.1, 0.15) is 0 Å². The third-order valence-corrected chi connectivity index (χ3v) is 8.25. The van der Waals surface area contributed by atoms with Crippen molar-refractivity contribution in [3.8, 4) is 0 Å². The molecule has 0 saturated heterocycles. The summed E-state index contributed by atoms with van der Waals surface area (Å²) in [6, 6.07) is 11.1. The molecule has 0 fully saturated rings. The van der Waals surface area contributed by atoms with Gasteiger partial charge in [-0.25, -0.2) is 25.9 Å². The lowest BCUT2D eigenvalue weighted by atomic mass is 10.1. The van der Waals surface area contributed by atoms with Crippen molar-refractivity contribution in [2.75, 3.05) is 20.6 Å². The van der Waals surface area contributed by atoms with Crippen LogP contribution in [0.2, 0.25) is 0 Å². The van der Waals surface area contributed by atoms with E-state index in [1.54, 1.807) is 38.1 Å². The normalized spacial score (nSPS) is 13.2. The predicted octanol–water partition coefficient (Wildman–Crippen LogP) is 2.10. The lowest BCUT2D eigenvalue weighted by Gasteiger charge is -2.16. The quantitative estimate of drug-likeness (QED) is 0.586. The molecule has 0 aromatic heterocycles. The zero-order valence-corrected chi connectivity index (χ0v) is 20.0. The van der Waals surface area contributed by atoms with Gasteiger partial charge in [-0.1, -0.05) is 24.3 Å². The topological polar surface area (TPSA) is 113 Å². The van der Waals surface area contributed by atoms with Crippen LogP contribution in [0.3, 0.4) is 0 Å². The molecule has 1 unspecified atom stereocenters. The number of hydrogen-bond acceptors (Lipinski definition) is 5. The van der Waals surface area contributed by atoms with Gasteiger partial charge in [0.15, 0.2) is 0 Å². The number of aryl methyl sites for hydroxylation is 2. The Hall–Kier alpha value is -2.27. The molecule has 1 amide bonds. The third-order valence-electron chi connectivity index (χ3n) is 4.81. The highest BCUT2D eigenvalue weighted by molar-refractivity contribution is 7.89. The maximum Gasteiger partial charge on any atom is 0.242 e. The lowest BCUT2D eigenvalue weighted by molar-refractivity contribution is -0.121. The van der Waals surface area contributed by atoms with Crippen molar-refractivity contribution in [3.05, 3.63) is 59.2 Å². The number of sulfonamides is 2. The van der Waals surface area contributed by atoms with E-state index in [2.05, 4.69) is 10.0 Å². The number of carbonyl (C=O) groups is 1. The molecule has 0 aliphatic heterocycles. The first-order valence-corrected chi connectivity index (χ1v) is 12.7. The lowest BCUT2D eigenvalue weighted by Crippen LogP contribution is -2.32. The van der Waals surface area contributed by atoms with Gasteiger partial charge in [0, 0.05) is 27.1 Å². The van der Waals surface area contributed by atoms with Crippen LogP contribution in [0.15, 0.2) is 52.3 Å². The van der Waals surface area contributed by atoms with E-state index in [0.29, 0.717) is 5.56 Å². The maximum atomic E-state index is 12.5. The Morgan fingerprint density at radius 3 is 2.19 bits per heavy atom. The summed E-state index contributed by atoms with van der Waals surface area (Å²) in [5, 5.41) is 2.79. The Bertz CT molecular complexity index is 1140. The summed E-state index contributed by atoms with van der Waals surface area (Å²) in [7, 11) is -4.30. The smallest absolute Gasteiger partial charge is 0.242 e. The average molecular weight is 468 g/mol. The van der Waals surface area contributed by atoms with Crippen molar-refractivity contribution in [1.82, 2.24) is 14.3 Å². The fraction of sp³-hybridized carbons (Fsp3) is 0.381. The molecule has 10 heteroatoms. The number of hydrogen-bond donors (Lipinski definition) is 2. The predicted molar refractivity (Wildman–Crippen MR) is 120 cm³/mol. The fourth-order valence-corrected chi connectivity index (χ4v) is 5.17. The van der Waals surface area contributed by atoms with Gasteiger partial charge in [0.05, 0.1) is 15.8 Å². The SMILES string of the molecule is Cc1ccc(C)c(S(=O)(=O)NCCC(=O)NC(C)c2ccc(S(=O)(=O)N(C)C)cc2)c1. The molecule has 1 atom stereocenters. The van der Waals surface area contributed by atoms with Gasteiger partial charge < -0.3 is 5.32 Å². The van der Waals surface area contributed by atoms with Crippen molar-refractivity contribution in [1.29, 1.82) is 0 Å². The Kier molecular flexibility index (Phi) is 7.98. The van der Waals surface area contributed by atoms with Crippen LogP contribution < -0.4 is 10.0 Å². The van der Waals surface area contributed by atoms with E-state index in [-0.39, 0.29) is 34.7 Å². The summed E-state index contributed by atoms with van der Waals surface area (Å²) in [5.74, 6) is -0.318. The molecule has 2 aromatic rings. The first-order valence-electron chi connectivity index (χ1n) is 9.73. The molecule has 2 rings (SSSR count). The van der Waals surface area contributed by atoms with Crippen molar-refractivity contribution >= 4 is 26.0 Å². The zero-order valence-electron chi connectivity index (χ0n) is 18.3.